The minimum atomic E-state index is -0.322. The second-order valence-electron chi connectivity index (χ2n) is 3.69. The summed E-state index contributed by atoms with van der Waals surface area (Å²) in [5, 5.41) is 12.0. The summed E-state index contributed by atoms with van der Waals surface area (Å²) in [5.41, 5.74) is 1.73. The predicted molar refractivity (Wildman–Crippen MR) is 75.1 cm³/mol. The summed E-state index contributed by atoms with van der Waals surface area (Å²) in [7, 11) is 0. The highest BCUT2D eigenvalue weighted by Gasteiger charge is 2.15. The van der Waals surface area contributed by atoms with Gasteiger partial charge in [0, 0.05) is 5.69 Å². The van der Waals surface area contributed by atoms with E-state index in [1.54, 1.807) is 19.1 Å². The van der Waals surface area contributed by atoms with Gasteiger partial charge in [0.25, 0.3) is 5.91 Å². The van der Waals surface area contributed by atoms with E-state index in [-0.39, 0.29) is 11.7 Å². The Bertz CT molecular complexity index is 610. The number of nitrogens with one attached hydrogen (secondary N) is 1. The monoisotopic (exact) mass is 301 g/mol. The molecule has 1 aromatic carbocycles. The largest absolute Gasteiger partial charge is 0.508 e. The number of phenols is 1. The second-order valence-corrected chi connectivity index (χ2v) is 5.98. The number of anilines is 1. The van der Waals surface area contributed by atoms with Gasteiger partial charge in [-0.1, -0.05) is 23.2 Å². The van der Waals surface area contributed by atoms with E-state index in [9.17, 15) is 9.90 Å². The maximum Gasteiger partial charge on any atom is 0.258 e. The number of carbonyl (C=O) groups excluding carboxylic acids is 1. The molecule has 0 radical (unpaired) electrons. The first-order valence-electron chi connectivity index (χ1n) is 5.03. The molecule has 0 atom stereocenters. The van der Waals surface area contributed by atoms with Gasteiger partial charge in [-0.25, -0.2) is 0 Å². The van der Waals surface area contributed by atoms with Gasteiger partial charge in [-0.05, 0) is 36.8 Å². The number of aromatic hydroxyl groups is 1. The zero-order chi connectivity index (χ0) is 13.3. The molecule has 0 aliphatic carbocycles. The van der Waals surface area contributed by atoms with Crippen LogP contribution in [0.2, 0.25) is 8.67 Å². The number of amides is 1. The maximum atomic E-state index is 12.0. The van der Waals surface area contributed by atoms with E-state index < -0.39 is 0 Å². The lowest BCUT2D eigenvalue weighted by atomic mass is 10.2. The Morgan fingerprint density at radius 2 is 2.06 bits per heavy atom. The average molecular weight is 302 g/mol. The zero-order valence-electron chi connectivity index (χ0n) is 9.33. The van der Waals surface area contributed by atoms with Crippen molar-refractivity contribution in [1.82, 2.24) is 0 Å². The third kappa shape index (κ3) is 2.77. The van der Waals surface area contributed by atoms with Gasteiger partial charge in [0.15, 0.2) is 0 Å². The van der Waals surface area contributed by atoms with Gasteiger partial charge in [0.2, 0.25) is 0 Å². The zero-order valence-corrected chi connectivity index (χ0v) is 11.7. The van der Waals surface area contributed by atoms with E-state index in [0.717, 1.165) is 16.9 Å². The number of phenolic OH excluding ortho intramolecular Hbond substituents is 1. The van der Waals surface area contributed by atoms with Crippen LogP contribution < -0.4 is 5.32 Å². The van der Waals surface area contributed by atoms with Crippen LogP contribution in [0.5, 0.6) is 5.75 Å². The van der Waals surface area contributed by atoms with Crippen molar-refractivity contribution in [3.63, 3.8) is 0 Å². The molecule has 0 aliphatic heterocycles. The Hall–Kier alpha value is -1.23. The summed E-state index contributed by atoms with van der Waals surface area (Å²) in [6.45, 7) is 1.79. The maximum absolute atomic E-state index is 12.0. The molecule has 0 saturated carbocycles. The highest BCUT2D eigenvalue weighted by atomic mass is 35.5. The Morgan fingerprint density at radius 1 is 1.33 bits per heavy atom. The number of hydrogen-bond donors (Lipinski definition) is 2. The Labute approximate surface area is 118 Å². The third-order valence-corrected chi connectivity index (χ3v) is 3.85. The van der Waals surface area contributed by atoms with Crippen LogP contribution in [0.4, 0.5) is 5.69 Å². The quantitative estimate of drug-likeness (QED) is 0.812. The molecular weight excluding hydrogens is 293 g/mol. The molecule has 6 heteroatoms. The smallest absolute Gasteiger partial charge is 0.258 e. The van der Waals surface area contributed by atoms with Crippen molar-refractivity contribution in [2.45, 2.75) is 6.92 Å². The fourth-order valence-electron chi connectivity index (χ4n) is 1.47. The minimum Gasteiger partial charge on any atom is -0.508 e. The van der Waals surface area contributed by atoms with Crippen LogP contribution in [-0.4, -0.2) is 11.0 Å². The van der Waals surface area contributed by atoms with Crippen LogP contribution in [-0.2, 0) is 0 Å². The molecular formula is C12H9Cl2NO2S. The van der Waals surface area contributed by atoms with Crippen LogP contribution in [0.3, 0.4) is 0 Å². The summed E-state index contributed by atoms with van der Waals surface area (Å²) in [6, 6.07) is 6.23. The molecule has 0 aliphatic rings. The van der Waals surface area contributed by atoms with E-state index in [1.807, 2.05) is 0 Å². The number of rotatable bonds is 2. The fraction of sp³-hybridized carbons (Fsp3) is 0.0833. The SMILES string of the molecule is Cc1cc(O)ccc1NC(=O)c1cc(Cl)sc1Cl. The highest BCUT2D eigenvalue weighted by molar-refractivity contribution is 7.20. The summed E-state index contributed by atoms with van der Waals surface area (Å²) in [5.74, 6) is -0.168. The number of carbonyl (C=O) groups is 1. The molecule has 1 heterocycles. The van der Waals surface area contributed by atoms with E-state index in [4.69, 9.17) is 23.2 Å². The highest BCUT2D eigenvalue weighted by Crippen LogP contribution is 2.32. The molecule has 0 fully saturated rings. The summed E-state index contributed by atoms with van der Waals surface area (Å²) >= 11 is 12.8. The standard InChI is InChI=1S/C12H9Cl2NO2S/c1-6-4-7(16)2-3-9(6)15-12(17)8-5-10(13)18-11(8)14/h2-5,16H,1H3,(H,15,17). The summed E-state index contributed by atoms with van der Waals surface area (Å²) < 4.78 is 0.821. The summed E-state index contributed by atoms with van der Waals surface area (Å²) in [6.07, 6.45) is 0. The first-order valence-corrected chi connectivity index (χ1v) is 6.60. The number of aryl methyl sites for hydroxylation is 1. The molecule has 2 rings (SSSR count). The van der Waals surface area contributed by atoms with Gasteiger partial charge in [-0.3, -0.25) is 4.79 Å². The predicted octanol–water partition coefficient (Wildman–Crippen LogP) is 4.32. The lowest BCUT2D eigenvalue weighted by molar-refractivity contribution is 0.102. The van der Waals surface area contributed by atoms with Gasteiger partial charge in [0.1, 0.15) is 10.1 Å². The van der Waals surface area contributed by atoms with Crippen LogP contribution in [0.1, 0.15) is 15.9 Å². The molecule has 2 aromatic rings. The van der Waals surface area contributed by atoms with Crippen molar-refractivity contribution in [3.05, 3.63) is 44.1 Å². The topological polar surface area (TPSA) is 49.3 Å². The number of benzene rings is 1. The molecule has 0 bridgehead atoms. The normalized spacial score (nSPS) is 10.4. The molecule has 3 nitrogen and oxygen atoms in total. The van der Waals surface area contributed by atoms with Gasteiger partial charge >= 0.3 is 0 Å². The van der Waals surface area contributed by atoms with Crippen LogP contribution in [0.15, 0.2) is 24.3 Å². The van der Waals surface area contributed by atoms with Gasteiger partial charge in [0.05, 0.1) is 9.90 Å². The van der Waals surface area contributed by atoms with E-state index in [1.165, 1.54) is 12.1 Å². The average Bonchev–Trinajstić information content (AvgIpc) is 2.62. The number of halogens is 2. The Balaban J connectivity index is 2.24. The van der Waals surface area contributed by atoms with Crippen LogP contribution >= 0.6 is 34.5 Å². The number of thiophene rings is 1. The van der Waals surface area contributed by atoms with Crippen LogP contribution in [0.25, 0.3) is 0 Å². The minimum absolute atomic E-state index is 0.155. The van der Waals surface area contributed by atoms with E-state index >= 15 is 0 Å². The number of hydrogen-bond acceptors (Lipinski definition) is 3. The van der Waals surface area contributed by atoms with Gasteiger partial charge < -0.3 is 10.4 Å². The Morgan fingerprint density at radius 3 is 2.61 bits per heavy atom. The first-order chi connectivity index (χ1) is 8.47. The molecule has 0 unspecified atom stereocenters. The molecule has 0 saturated heterocycles. The lowest BCUT2D eigenvalue weighted by Gasteiger charge is -2.08. The first kappa shape index (κ1) is 13.2. The van der Waals surface area contributed by atoms with E-state index in [0.29, 0.717) is 19.9 Å². The molecule has 0 spiro atoms. The van der Waals surface area contributed by atoms with Crippen molar-refractivity contribution in [1.29, 1.82) is 0 Å². The van der Waals surface area contributed by atoms with Gasteiger partial charge in [-0.15, -0.1) is 11.3 Å². The van der Waals surface area contributed by atoms with Crippen molar-refractivity contribution in [3.8, 4) is 5.75 Å². The molecule has 94 valence electrons. The lowest BCUT2D eigenvalue weighted by Crippen LogP contribution is -2.12. The molecule has 18 heavy (non-hydrogen) atoms. The Kier molecular flexibility index (Phi) is 3.80. The molecule has 2 N–H and O–H groups in total. The van der Waals surface area contributed by atoms with Gasteiger partial charge in [-0.2, -0.15) is 0 Å². The van der Waals surface area contributed by atoms with E-state index in [2.05, 4.69) is 5.32 Å². The van der Waals surface area contributed by atoms with Crippen LogP contribution in [0, 0.1) is 6.92 Å². The third-order valence-electron chi connectivity index (χ3n) is 2.36. The second kappa shape index (κ2) is 5.18. The van der Waals surface area contributed by atoms with Crippen molar-refractivity contribution >= 4 is 46.1 Å². The van der Waals surface area contributed by atoms with Crippen molar-refractivity contribution in [2.75, 3.05) is 5.32 Å². The molecule has 1 aromatic heterocycles. The van der Waals surface area contributed by atoms with Crippen molar-refractivity contribution in [2.24, 2.45) is 0 Å². The van der Waals surface area contributed by atoms with Crippen molar-refractivity contribution < 1.29 is 9.90 Å². The fourth-order valence-corrected chi connectivity index (χ4v) is 2.93. The summed E-state index contributed by atoms with van der Waals surface area (Å²) in [4.78, 5) is 12.0. The molecule has 1 amide bonds.